The lowest BCUT2D eigenvalue weighted by Crippen LogP contribution is -2.66. The molecule has 4 rings (SSSR count). The van der Waals surface area contributed by atoms with Gasteiger partial charge in [0.2, 0.25) is 0 Å². The number of hydrogen-bond donors (Lipinski definition) is 0. The summed E-state index contributed by atoms with van der Waals surface area (Å²) in [7, 11) is 2.00. The van der Waals surface area contributed by atoms with Crippen LogP contribution in [0.2, 0.25) is 6.32 Å². The normalized spacial score (nSPS) is 10.7. The second-order valence-electron chi connectivity index (χ2n) is 7.96. The van der Waals surface area contributed by atoms with Crippen LogP contribution in [0.1, 0.15) is 19.8 Å². The number of benzene rings is 3. The minimum atomic E-state index is -0.913. The summed E-state index contributed by atoms with van der Waals surface area (Å²) in [6.07, 6.45) is 6.73. The molecule has 0 amide bonds. The van der Waals surface area contributed by atoms with E-state index >= 15 is 0 Å². The van der Waals surface area contributed by atoms with Crippen LogP contribution in [0.3, 0.4) is 0 Å². The summed E-state index contributed by atoms with van der Waals surface area (Å²) in [5.74, 6) is 0. The van der Waals surface area contributed by atoms with Crippen LogP contribution in [0, 0.1) is 0 Å². The van der Waals surface area contributed by atoms with Crippen molar-refractivity contribution >= 4 is 22.5 Å². The van der Waals surface area contributed by atoms with E-state index < -0.39 is 6.15 Å². The molecule has 0 N–H and O–H groups in total. The molecule has 0 fully saturated rings. The zero-order valence-corrected chi connectivity index (χ0v) is 18.2. The van der Waals surface area contributed by atoms with Gasteiger partial charge in [-0.3, -0.25) is 0 Å². The van der Waals surface area contributed by atoms with Gasteiger partial charge in [-0.2, -0.15) is 22.7 Å². The van der Waals surface area contributed by atoms with Gasteiger partial charge < -0.3 is 0 Å². The fraction of sp³-hybridized carbons (Fsp3) is 0.179. The number of nitrogens with zero attached hydrogens (tertiary/aromatic N) is 1. The Bertz CT molecular complexity index is 873. The molecular formula is C28H32BN. The predicted octanol–water partition coefficient (Wildman–Crippen LogP) is 4.47. The van der Waals surface area contributed by atoms with Crippen molar-refractivity contribution in [3.63, 3.8) is 0 Å². The van der Waals surface area contributed by atoms with Crippen molar-refractivity contribution < 1.29 is 4.57 Å². The maximum absolute atomic E-state index is 2.30. The Labute approximate surface area is 182 Å². The smallest absolute Gasteiger partial charge is 0.168 e. The molecule has 1 nitrogen and oxygen atoms in total. The molecule has 0 aliphatic heterocycles. The van der Waals surface area contributed by atoms with Gasteiger partial charge in [0.15, 0.2) is 12.4 Å². The molecule has 0 bridgehead atoms. The van der Waals surface area contributed by atoms with Crippen molar-refractivity contribution in [1.82, 2.24) is 0 Å². The summed E-state index contributed by atoms with van der Waals surface area (Å²) in [5, 5.41) is 0. The van der Waals surface area contributed by atoms with Crippen molar-refractivity contribution in [2.45, 2.75) is 26.1 Å². The minimum absolute atomic E-state index is 0.913. The molecule has 30 heavy (non-hydrogen) atoms. The zero-order valence-electron chi connectivity index (χ0n) is 18.2. The number of rotatable bonds is 6. The first-order valence-electron chi connectivity index (χ1n) is 11.0. The maximum Gasteiger partial charge on any atom is 0.168 e. The van der Waals surface area contributed by atoms with Crippen molar-refractivity contribution in [1.29, 1.82) is 0 Å². The third kappa shape index (κ3) is 5.27. The quantitative estimate of drug-likeness (QED) is 0.336. The summed E-state index contributed by atoms with van der Waals surface area (Å²) in [6.45, 7) is 2.28. The van der Waals surface area contributed by atoms with Gasteiger partial charge >= 0.3 is 0 Å². The van der Waals surface area contributed by atoms with Gasteiger partial charge in [0.25, 0.3) is 0 Å². The molecule has 3 aromatic carbocycles. The molecule has 0 radical (unpaired) electrons. The Kier molecular flexibility index (Phi) is 8.03. The monoisotopic (exact) mass is 393 g/mol. The van der Waals surface area contributed by atoms with Crippen molar-refractivity contribution in [3.05, 3.63) is 122 Å². The molecule has 0 unspecified atom stereocenters. The molecule has 0 saturated heterocycles. The number of hydrogen-bond acceptors (Lipinski definition) is 0. The standard InChI is InChI=1S/C22H24B.C6H8N/c1-2-3-19-23(20-13-7-4-8-14-20,21-15-9-5-10-16-21)22-17-11-6-12-18-22;1-7-5-3-2-4-6-7/h4-18H,2-3,19H2,1H3;2-6H,1H3/q-1;+1. The highest BCUT2D eigenvalue weighted by Gasteiger charge is 2.28. The van der Waals surface area contributed by atoms with Crippen molar-refractivity contribution in [2.75, 3.05) is 0 Å². The first kappa shape index (κ1) is 21.6. The summed E-state index contributed by atoms with van der Waals surface area (Å²) in [5.41, 5.74) is 4.33. The van der Waals surface area contributed by atoms with Gasteiger partial charge in [-0.25, -0.2) is 4.57 Å². The van der Waals surface area contributed by atoms with E-state index in [4.69, 9.17) is 0 Å². The number of pyridine rings is 1. The Morgan fingerprint density at radius 1 is 0.567 bits per heavy atom. The van der Waals surface area contributed by atoms with Gasteiger partial charge in [0, 0.05) is 12.1 Å². The number of aromatic nitrogens is 1. The molecule has 0 atom stereocenters. The van der Waals surface area contributed by atoms with Crippen LogP contribution in [0.5, 0.6) is 0 Å². The summed E-state index contributed by atoms with van der Waals surface area (Å²) < 4.78 is 2.00. The average molecular weight is 393 g/mol. The van der Waals surface area contributed by atoms with E-state index in [1.165, 1.54) is 35.6 Å². The van der Waals surface area contributed by atoms with E-state index in [0.29, 0.717) is 0 Å². The van der Waals surface area contributed by atoms with E-state index in [-0.39, 0.29) is 0 Å². The highest BCUT2D eigenvalue weighted by molar-refractivity contribution is 7.11. The van der Waals surface area contributed by atoms with E-state index in [2.05, 4.69) is 97.9 Å². The highest BCUT2D eigenvalue weighted by Crippen LogP contribution is 2.16. The summed E-state index contributed by atoms with van der Waals surface area (Å²) in [6, 6.07) is 39.2. The van der Waals surface area contributed by atoms with E-state index in [0.717, 1.165) is 0 Å². The predicted molar refractivity (Wildman–Crippen MR) is 131 cm³/mol. The Hall–Kier alpha value is -3.13. The van der Waals surface area contributed by atoms with Crippen molar-refractivity contribution in [2.24, 2.45) is 7.05 Å². The molecule has 0 spiro atoms. The minimum Gasteiger partial charge on any atom is -0.208 e. The third-order valence-corrected chi connectivity index (χ3v) is 5.96. The second kappa shape index (κ2) is 11.2. The van der Waals surface area contributed by atoms with Crippen LogP contribution < -0.4 is 21.0 Å². The Morgan fingerprint density at radius 2 is 0.933 bits per heavy atom. The van der Waals surface area contributed by atoms with Gasteiger partial charge in [-0.15, -0.1) is 0 Å². The van der Waals surface area contributed by atoms with Crippen LogP contribution in [0.15, 0.2) is 122 Å². The van der Waals surface area contributed by atoms with Crippen LogP contribution in [0.25, 0.3) is 0 Å². The Balaban J connectivity index is 0.000000310. The first-order chi connectivity index (χ1) is 14.8. The van der Waals surface area contributed by atoms with Gasteiger partial charge in [-0.1, -0.05) is 117 Å². The fourth-order valence-electron chi connectivity index (χ4n) is 4.42. The van der Waals surface area contributed by atoms with E-state index in [1.807, 2.05) is 42.2 Å². The molecule has 1 heterocycles. The molecule has 4 aromatic rings. The lowest BCUT2D eigenvalue weighted by atomic mass is 9.14. The SMILES string of the molecule is CCCC[B-](c1ccccc1)(c1ccccc1)c1ccccc1.C[n+]1ccccc1. The van der Waals surface area contributed by atoms with E-state index in [1.54, 1.807) is 0 Å². The molecular weight excluding hydrogens is 361 g/mol. The average Bonchev–Trinajstić information content (AvgIpc) is 2.83. The molecule has 152 valence electrons. The number of unbranched alkanes of at least 4 members (excludes halogenated alkanes) is 1. The van der Waals surface area contributed by atoms with Crippen molar-refractivity contribution in [3.8, 4) is 0 Å². The van der Waals surface area contributed by atoms with Gasteiger partial charge in [-0.05, 0) is 0 Å². The lowest BCUT2D eigenvalue weighted by molar-refractivity contribution is -0.671. The lowest BCUT2D eigenvalue weighted by Gasteiger charge is -2.43. The zero-order chi connectivity index (χ0) is 21.1. The molecule has 2 heteroatoms. The second-order valence-corrected chi connectivity index (χ2v) is 7.96. The van der Waals surface area contributed by atoms with Crippen LogP contribution in [-0.2, 0) is 7.05 Å². The Morgan fingerprint density at radius 3 is 1.23 bits per heavy atom. The number of aryl methyl sites for hydroxylation is 1. The topological polar surface area (TPSA) is 3.88 Å². The summed E-state index contributed by atoms with van der Waals surface area (Å²) in [4.78, 5) is 0. The molecule has 0 aliphatic rings. The third-order valence-electron chi connectivity index (χ3n) is 5.96. The van der Waals surface area contributed by atoms with Crippen LogP contribution in [-0.4, -0.2) is 6.15 Å². The fourth-order valence-corrected chi connectivity index (χ4v) is 4.42. The van der Waals surface area contributed by atoms with Crippen LogP contribution >= 0.6 is 0 Å². The summed E-state index contributed by atoms with van der Waals surface area (Å²) >= 11 is 0. The van der Waals surface area contributed by atoms with Crippen LogP contribution in [0.4, 0.5) is 0 Å². The maximum atomic E-state index is 2.30. The van der Waals surface area contributed by atoms with Gasteiger partial charge in [0.05, 0.1) is 6.15 Å². The highest BCUT2D eigenvalue weighted by atomic mass is 14.9. The van der Waals surface area contributed by atoms with Gasteiger partial charge in [0.1, 0.15) is 7.05 Å². The largest absolute Gasteiger partial charge is 0.208 e. The molecule has 0 aliphatic carbocycles. The molecule has 1 aromatic heterocycles. The van der Waals surface area contributed by atoms with E-state index in [9.17, 15) is 0 Å². The molecule has 0 saturated carbocycles. The first-order valence-corrected chi connectivity index (χ1v) is 11.0.